The Labute approximate surface area is 123 Å². The molecule has 0 radical (unpaired) electrons. The first kappa shape index (κ1) is 15.2. The smallest absolute Gasteiger partial charge is 0.338 e. The fourth-order valence-electron chi connectivity index (χ4n) is 1.75. The van der Waals surface area contributed by atoms with Gasteiger partial charge in [-0.1, -0.05) is 12.1 Å². The maximum Gasteiger partial charge on any atom is 0.338 e. The topological polar surface area (TPSA) is 73.3 Å². The lowest BCUT2D eigenvalue weighted by molar-refractivity contribution is 0.0466. The molecule has 1 aromatic carbocycles. The van der Waals surface area contributed by atoms with Gasteiger partial charge in [0.1, 0.15) is 6.61 Å². The first-order valence-electron chi connectivity index (χ1n) is 6.25. The number of benzene rings is 1. The van der Waals surface area contributed by atoms with Crippen molar-refractivity contribution in [3.63, 3.8) is 0 Å². The molecular formula is C15H15NO4S. The minimum atomic E-state index is -3.36. The van der Waals surface area contributed by atoms with Crippen LogP contribution in [0.5, 0.6) is 0 Å². The van der Waals surface area contributed by atoms with Crippen LogP contribution >= 0.6 is 0 Å². The van der Waals surface area contributed by atoms with Crippen LogP contribution in [-0.4, -0.2) is 25.6 Å². The van der Waals surface area contributed by atoms with Gasteiger partial charge < -0.3 is 4.74 Å². The van der Waals surface area contributed by atoms with Crippen molar-refractivity contribution < 1.29 is 17.9 Å². The summed E-state index contributed by atoms with van der Waals surface area (Å²) in [6.45, 7) is 1.77. The van der Waals surface area contributed by atoms with Crippen LogP contribution in [0.3, 0.4) is 0 Å². The highest BCUT2D eigenvalue weighted by Gasteiger charge is 2.15. The van der Waals surface area contributed by atoms with Crippen LogP contribution in [-0.2, 0) is 21.2 Å². The Morgan fingerprint density at radius 3 is 2.62 bits per heavy atom. The van der Waals surface area contributed by atoms with Crippen molar-refractivity contribution in [1.82, 2.24) is 4.98 Å². The molecule has 0 atom stereocenters. The third-order valence-corrected chi connectivity index (χ3v) is 4.04. The molecule has 1 heterocycles. The predicted octanol–water partition coefficient (Wildman–Crippen LogP) is 2.15. The van der Waals surface area contributed by atoms with E-state index in [1.807, 2.05) is 0 Å². The number of hydrogen-bond acceptors (Lipinski definition) is 5. The Kier molecular flexibility index (Phi) is 4.37. The van der Waals surface area contributed by atoms with Crippen LogP contribution in [0.25, 0.3) is 0 Å². The van der Waals surface area contributed by atoms with Crippen LogP contribution in [0.2, 0.25) is 0 Å². The molecule has 0 saturated carbocycles. The van der Waals surface area contributed by atoms with Gasteiger partial charge in [-0.15, -0.1) is 0 Å². The summed E-state index contributed by atoms with van der Waals surface area (Å²) in [6.07, 6.45) is 2.71. The summed E-state index contributed by atoms with van der Waals surface area (Å²) in [5.41, 5.74) is 1.53. The first-order chi connectivity index (χ1) is 9.88. The van der Waals surface area contributed by atoms with Crippen LogP contribution in [0.15, 0.2) is 47.5 Å². The molecule has 0 fully saturated rings. The minimum absolute atomic E-state index is 0.0439. The van der Waals surface area contributed by atoms with Crippen molar-refractivity contribution in [2.45, 2.75) is 18.4 Å². The molecule has 6 heteroatoms. The van der Waals surface area contributed by atoms with E-state index in [-0.39, 0.29) is 17.1 Å². The molecule has 0 aliphatic heterocycles. The zero-order valence-corrected chi connectivity index (χ0v) is 12.6. The molecule has 2 rings (SSSR count). The summed E-state index contributed by atoms with van der Waals surface area (Å²) < 4.78 is 28.2. The molecular weight excluding hydrogens is 290 g/mol. The Bertz CT molecular complexity index is 754. The number of aromatic nitrogens is 1. The molecule has 0 aliphatic carbocycles. The van der Waals surface area contributed by atoms with Gasteiger partial charge in [0.2, 0.25) is 0 Å². The second-order valence-electron chi connectivity index (χ2n) is 4.65. The molecule has 0 bridgehead atoms. The summed E-state index contributed by atoms with van der Waals surface area (Å²) in [5, 5.41) is 0. The van der Waals surface area contributed by atoms with Crippen molar-refractivity contribution >= 4 is 15.8 Å². The summed E-state index contributed by atoms with van der Waals surface area (Å²) in [6, 6.07) is 9.71. The third-order valence-electron chi connectivity index (χ3n) is 2.93. The molecule has 0 unspecified atom stereocenters. The fraction of sp³-hybridized carbons (Fsp3) is 0.200. The quantitative estimate of drug-likeness (QED) is 0.809. The van der Waals surface area contributed by atoms with Crippen LogP contribution in [0.4, 0.5) is 0 Å². The summed E-state index contributed by atoms with van der Waals surface area (Å²) in [4.78, 5) is 16.2. The molecule has 0 N–H and O–H groups in total. The lowest BCUT2D eigenvalue weighted by atomic mass is 10.1. The molecule has 0 spiro atoms. The van der Waals surface area contributed by atoms with Gasteiger partial charge in [0.15, 0.2) is 9.84 Å². The number of sulfone groups is 1. The molecule has 1 aromatic heterocycles. The van der Waals surface area contributed by atoms with Crippen LogP contribution in [0.1, 0.15) is 21.6 Å². The normalized spacial score (nSPS) is 11.1. The number of carbonyl (C=O) groups excluding carboxylic acids is 1. The molecule has 0 aliphatic rings. The number of esters is 1. The average molecular weight is 305 g/mol. The Balaban J connectivity index is 2.19. The van der Waals surface area contributed by atoms with Crippen molar-refractivity contribution in [2.24, 2.45) is 0 Å². The zero-order chi connectivity index (χ0) is 15.5. The van der Waals surface area contributed by atoms with Crippen LogP contribution in [0, 0.1) is 6.92 Å². The number of nitrogens with zero attached hydrogens (tertiary/aromatic N) is 1. The van der Waals surface area contributed by atoms with E-state index in [0.717, 1.165) is 6.26 Å². The fourth-order valence-corrected chi connectivity index (χ4v) is 2.40. The van der Waals surface area contributed by atoms with Crippen molar-refractivity contribution in [3.05, 3.63) is 59.4 Å². The summed E-state index contributed by atoms with van der Waals surface area (Å²) >= 11 is 0. The van der Waals surface area contributed by atoms with Gasteiger partial charge in [-0.3, -0.25) is 4.98 Å². The molecule has 0 saturated heterocycles. The van der Waals surface area contributed by atoms with E-state index in [1.165, 1.54) is 12.1 Å². The summed E-state index contributed by atoms with van der Waals surface area (Å²) in [5.74, 6) is -0.566. The average Bonchev–Trinajstić information content (AvgIpc) is 2.45. The highest BCUT2D eigenvalue weighted by Crippen LogP contribution is 2.17. The van der Waals surface area contributed by atoms with E-state index < -0.39 is 15.8 Å². The third kappa shape index (κ3) is 3.88. The largest absolute Gasteiger partial charge is 0.456 e. The molecule has 110 valence electrons. The van der Waals surface area contributed by atoms with E-state index in [2.05, 4.69) is 4.98 Å². The molecule has 0 amide bonds. The predicted molar refractivity (Wildman–Crippen MR) is 77.6 cm³/mol. The zero-order valence-electron chi connectivity index (χ0n) is 11.7. The SMILES string of the molecule is Cc1ccc(S(C)(=O)=O)cc1C(=O)OCc1ccccn1. The number of hydrogen-bond donors (Lipinski definition) is 0. The molecule has 21 heavy (non-hydrogen) atoms. The van der Waals surface area contributed by atoms with E-state index in [1.54, 1.807) is 37.4 Å². The summed E-state index contributed by atoms with van der Waals surface area (Å²) in [7, 11) is -3.36. The maximum atomic E-state index is 12.1. The van der Waals surface area contributed by atoms with Crippen LogP contribution < -0.4 is 0 Å². The van der Waals surface area contributed by atoms with Gasteiger partial charge in [0.05, 0.1) is 16.2 Å². The standard InChI is InChI=1S/C15H15NO4S/c1-11-6-7-13(21(2,18)19)9-14(11)15(17)20-10-12-5-3-4-8-16-12/h3-9H,10H2,1-2H3. The highest BCUT2D eigenvalue weighted by molar-refractivity contribution is 7.90. The van der Waals surface area contributed by atoms with E-state index in [0.29, 0.717) is 11.3 Å². The Morgan fingerprint density at radius 1 is 1.24 bits per heavy atom. The van der Waals surface area contributed by atoms with Gasteiger partial charge in [-0.2, -0.15) is 0 Å². The second-order valence-corrected chi connectivity index (χ2v) is 6.66. The maximum absolute atomic E-state index is 12.1. The number of carbonyl (C=O) groups is 1. The molecule has 5 nitrogen and oxygen atoms in total. The number of pyridine rings is 1. The van der Waals surface area contributed by atoms with Gasteiger partial charge >= 0.3 is 5.97 Å². The number of rotatable bonds is 4. The van der Waals surface area contributed by atoms with Gasteiger partial charge in [0, 0.05) is 12.5 Å². The number of ether oxygens (including phenoxy) is 1. The van der Waals surface area contributed by atoms with Crippen molar-refractivity contribution in [3.8, 4) is 0 Å². The van der Waals surface area contributed by atoms with Gasteiger partial charge in [-0.25, -0.2) is 13.2 Å². The highest BCUT2D eigenvalue weighted by atomic mass is 32.2. The lowest BCUT2D eigenvalue weighted by Gasteiger charge is -2.08. The van der Waals surface area contributed by atoms with Crippen molar-refractivity contribution in [1.29, 1.82) is 0 Å². The molecule has 2 aromatic rings. The van der Waals surface area contributed by atoms with E-state index >= 15 is 0 Å². The van der Waals surface area contributed by atoms with E-state index in [9.17, 15) is 13.2 Å². The first-order valence-corrected chi connectivity index (χ1v) is 8.15. The Morgan fingerprint density at radius 2 is 2.00 bits per heavy atom. The van der Waals surface area contributed by atoms with Crippen molar-refractivity contribution in [2.75, 3.05) is 6.26 Å². The van der Waals surface area contributed by atoms with Gasteiger partial charge in [0.25, 0.3) is 0 Å². The second kappa shape index (κ2) is 6.05. The Hall–Kier alpha value is -2.21. The minimum Gasteiger partial charge on any atom is -0.456 e. The van der Waals surface area contributed by atoms with E-state index in [4.69, 9.17) is 4.74 Å². The van der Waals surface area contributed by atoms with Gasteiger partial charge in [-0.05, 0) is 36.8 Å². The number of aryl methyl sites for hydroxylation is 1. The monoisotopic (exact) mass is 305 g/mol. The lowest BCUT2D eigenvalue weighted by Crippen LogP contribution is -2.09.